The SMILES string of the molecule is O=S(=O)(NCc1ccon1)c1ccc(Br)cc1F. The molecule has 1 aromatic carbocycles. The highest BCUT2D eigenvalue weighted by molar-refractivity contribution is 9.10. The average molecular weight is 335 g/mol. The van der Waals surface area contributed by atoms with Crippen LogP contribution in [0.3, 0.4) is 0 Å². The molecule has 0 aliphatic carbocycles. The van der Waals surface area contributed by atoms with Gasteiger partial charge in [-0.2, -0.15) is 0 Å². The Labute approximate surface area is 111 Å². The molecule has 0 aliphatic heterocycles. The maximum Gasteiger partial charge on any atom is 0.243 e. The van der Waals surface area contributed by atoms with Crippen molar-refractivity contribution in [3.05, 3.63) is 46.5 Å². The summed E-state index contributed by atoms with van der Waals surface area (Å²) in [5.74, 6) is -0.822. The predicted octanol–water partition coefficient (Wildman–Crippen LogP) is 2.05. The Hall–Kier alpha value is -1.25. The van der Waals surface area contributed by atoms with Gasteiger partial charge in [0, 0.05) is 10.5 Å². The molecule has 8 heteroatoms. The summed E-state index contributed by atoms with van der Waals surface area (Å²) in [6.45, 7) is -0.0612. The number of rotatable bonds is 4. The summed E-state index contributed by atoms with van der Waals surface area (Å²) in [6.07, 6.45) is 1.32. The minimum absolute atomic E-state index is 0.0612. The first kappa shape index (κ1) is 13.2. The van der Waals surface area contributed by atoms with Crippen LogP contribution in [0.5, 0.6) is 0 Å². The van der Waals surface area contributed by atoms with Crippen molar-refractivity contribution in [3.63, 3.8) is 0 Å². The Morgan fingerprint density at radius 1 is 1.39 bits per heavy atom. The van der Waals surface area contributed by atoms with Crippen LogP contribution in [0.25, 0.3) is 0 Å². The van der Waals surface area contributed by atoms with E-state index in [9.17, 15) is 12.8 Å². The predicted molar refractivity (Wildman–Crippen MR) is 64.6 cm³/mol. The molecule has 0 saturated carbocycles. The van der Waals surface area contributed by atoms with Crippen molar-refractivity contribution < 1.29 is 17.3 Å². The Morgan fingerprint density at radius 2 is 2.17 bits per heavy atom. The lowest BCUT2D eigenvalue weighted by Crippen LogP contribution is -2.24. The summed E-state index contributed by atoms with van der Waals surface area (Å²) < 4.78 is 44.5. The third kappa shape index (κ3) is 2.95. The first-order valence-corrected chi connectivity index (χ1v) is 7.10. The number of nitrogens with zero attached hydrogens (tertiary/aromatic N) is 1. The number of hydrogen-bond donors (Lipinski definition) is 1. The molecule has 0 spiro atoms. The van der Waals surface area contributed by atoms with Crippen LogP contribution in [0.1, 0.15) is 5.69 Å². The highest BCUT2D eigenvalue weighted by Gasteiger charge is 2.19. The van der Waals surface area contributed by atoms with Crippen molar-refractivity contribution in [3.8, 4) is 0 Å². The van der Waals surface area contributed by atoms with Crippen LogP contribution < -0.4 is 4.72 Å². The van der Waals surface area contributed by atoms with Crippen LogP contribution in [-0.2, 0) is 16.6 Å². The molecule has 2 rings (SSSR count). The number of nitrogens with one attached hydrogen (secondary N) is 1. The van der Waals surface area contributed by atoms with E-state index < -0.39 is 20.7 Å². The van der Waals surface area contributed by atoms with Gasteiger partial charge in [-0.15, -0.1) is 0 Å². The van der Waals surface area contributed by atoms with Gasteiger partial charge in [0.1, 0.15) is 17.0 Å². The second kappa shape index (κ2) is 5.17. The number of aromatic nitrogens is 1. The van der Waals surface area contributed by atoms with Gasteiger partial charge < -0.3 is 4.52 Å². The zero-order chi connectivity index (χ0) is 13.2. The molecular weight excluding hydrogens is 327 g/mol. The fourth-order valence-electron chi connectivity index (χ4n) is 1.27. The highest BCUT2D eigenvalue weighted by Crippen LogP contribution is 2.19. The van der Waals surface area contributed by atoms with Gasteiger partial charge in [-0.05, 0) is 18.2 Å². The Balaban J connectivity index is 2.20. The molecule has 0 unspecified atom stereocenters. The summed E-state index contributed by atoms with van der Waals surface area (Å²) in [6, 6.07) is 5.24. The summed E-state index contributed by atoms with van der Waals surface area (Å²) in [4.78, 5) is -0.408. The summed E-state index contributed by atoms with van der Waals surface area (Å²) in [5.41, 5.74) is 0.413. The second-order valence-electron chi connectivity index (χ2n) is 3.39. The zero-order valence-corrected chi connectivity index (χ0v) is 11.3. The molecule has 0 amide bonds. The zero-order valence-electron chi connectivity index (χ0n) is 8.93. The molecule has 0 aliphatic rings. The monoisotopic (exact) mass is 334 g/mol. The first-order valence-electron chi connectivity index (χ1n) is 4.83. The number of halogens is 2. The maximum absolute atomic E-state index is 13.5. The van der Waals surface area contributed by atoms with Crippen LogP contribution in [0.2, 0.25) is 0 Å². The van der Waals surface area contributed by atoms with Gasteiger partial charge in [0.05, 0.1) is 12.2 Å². The van der Waals surface area contributed by atoms with Gasteiger partial charge in [-0.25, -0.2) is 17.5 Å². The van der Waals surface area contributed by atoms with Crippen molar-refractivity contribution >= 4 is 26.0 Å². The number of benzene rings is 1. The van der Waals surface area contributed by atoms with Gasteiger partial charge in [0.2, 0.25) is 10.0 Å². The fourth-order valence-corrected chi connectivity index (χ4v) is 2.66. The van der Waals surface area contributed by atoms with E-state index >= 15 is 0 Å². The second-order valence-corrected chi connectivity index (χ2v) is 6.04. The van der Waals surface area contributed by atoms with Gasteiger partial charge in [-0.3, -0.25) is 0 Å². The summed E-state index contributed by atoms with van der Waals surface area (Å²) in [5, 5.41) is 3.55. The lowest BCUT2D eigenvalue weighted by Gasteiger charge is -2.06. The van der Waals surface area contributed by atoms with E-state index in [1.165, 1.54) is 24.5 Å². The lowest BCUT2D eigenvalue weighted by atomic mass is 10.3. The molecule has 0 radical (unpaired) electrons. The molecule has 1 heterocycles. The third-order valence-corrected chi connectivity index (χ3v) is 4.05. The van der Waals surface area contributed by atoms with E-state index in [0.29, 0.717) is 10.2 Å². The maximum atomic E-state index is 13.5. The van der Waals surface area contributed by atoms with E-state index in [0.717, 1.165) is 6.07 Å². The third-order valence-electron chi connectivity index (χ3n) is 2.12. The summed E-state index contributed by atoms with van der Waals surface area (Å²) >= 11 is 3.06. The Bertz CT molecular complexity index is 643. The smallest absolute Gasteiger partial charge is 0.243 e. The molecule has 0 atom stereocenters. The molecule has 1 N–H and O–H groups in total. The van der Waals surface area contributed by atoms with E-state index in [1.807, 2.05) is 0 Å². The van der Waals surface area contributed by atoms with Crippen LogP contribution >= 0.6 is 15.9 Å². The molecule has 0 saturated heterocycles. The summed E-state index contributed by atoms with van der Waals surface area (Å²) in [7, 11) is -3.91. The van der Waals surface area contributed by atoms with Gasteiger partial charge in [0.25, 0.3) is 0 Å². The van der Waals surface area contributed by atoms with Crippen molar-refractivity contribution in [1.29, 1.82) is 0 Å². The normalized spacial score (nSPS) is 11.7. The van der Waals surface area contributed by atoms with Crippen molar-refractivity contribution in [2.75, 3.05) is 0 Å². The minimum Gasteiger partial charge on any atom is -0.364 e. The molecule has 0 fully saturated rings. The van der Waals surface area contributed by atoms with Crippen LogP contribution in [0.4, 0.5) is 4.39 Å². The minimum atomic E-state index is -3.91. The van der Waals surface area contributed by atoms with Crippen molar-refractivity contribution in [2.45, 2.75) is 11.4 Å². The number of sulfonamides is 1. The lowest BCUT2D eigenvalue weighted by molar-refractivity contribution is 0.411. The molecule has 0 bridgehead atoms. The first-order chi connectivity index (χ1) is 8.49. The highest BCUT2D eigenvalue weighted by atomic mass is 79.9. The van der Waals surface area contributed by atoms with Crippen molar-refractivity contribution in [2.24, 2.45) is 0 Å². The molecule has 18 heavy (non-hydrogen) atoms. The Kier molecular flexibility index (Phi) is 3.79. The van der Waals surface area contributed by atoms with Crippen molar-refractivity contribution in [1.82, 2.24) is 9.88 Å². The van der Waals surface area contributed by atoms with Gasteiger partial charge in [0.15, 0.2) is 0 Å². The topological polar surface area (TPSA) is 72.2 Å². The van der Waals surface area contributed by atoms with Crippen LogP contribution in [0, 0.1) is 5.82 Å². The van der Waals surface area contributed by atoms with E-state index in [-0.39, 0.29) is 6.54 Å². The molecular formula is C10H8BrFN2O3S. The molecule has 2 aromatic rings. The van der Waals surface area contributed by atoms with Gasteiger partial charge >= 0.3 is 0 Å². The van der Waals surface area contributed by atoms with E-state index in [4.69, 9.17) is 0 Å². The molecule has 96 valence electrons. The quantitative estimate of drug-likeness (QED) is 0.928. The molecule has 5 nitrogen and oxygen atoms in total. The van der Waals surface area contributed by atoms with Crippen LogP contribution in [0.15, 0.2) is 44.4 Å². The molecule has 1 aromatic heterocycles. The Morgan fingerprint density at radius 3 is 2.78 bits per heavy atom. The van der Waals surface area contributed by atoms with Gasteiger partial charge in [-0.1, -0.05) is 21.1 Å². The van der Waals surface area contributed by atoms with Crippen LogP contribution in [-0.4, -0.2) is 13.6 Å². The fraction of sp³-hybridized carbons (Fsp3) is 0.100. The standard InChI is InChI=1S/C10H8BrFN2O3S/c11-7-1-2-10(9(12)5-7)18(15,16)13-6-8-3-4-17-14-8/h1-5,13H,6H2. The van der Waals surface area contributed by atoms with E-state index in [1.54, 1.807) is 0 Å². The largest absolute Gasteiger partial charge is 0.364 e. The average Bonchev–Trinajstić information content (AvgIpc) is 2.78. The number of hydrogen-bond acceptors (Lipinski definition) is 4. The van der Waals surface area contributed by atoms with E-state index in [2.05, 4.69) is 30.3 Å².